The number of amides is 1. The summed E-state index contributed by atoms with van der Waals surface area (Å²) >= 11 is 0. The number of hydrogen-bond donors (Lipinski definition) is 2. The number of fused-ring (bicyclic) bond motifs is 1. The van der Waals surface area contributed by atoms with Crippen molar-refractivity contribution < 1.29 is 4.79 Å². The minimum absolute atomic E-state index is 0.289. The van der Waals surface area contributed by atoms with Gasteiger partial charge in [0.25, 0.3) is 0 Å². The third-order valence-corrected chi connectivity index (χ3v) is 4.17. The minimum Gasteiger partial charge on any atom is -0.368 e. The molecule has 1 aliphatic rings. The van der Waals surface area contributed by atoms with Crippen molar-refractivity contribution in [2.45, 2.75) is 31.3 Å². The van der Waals surface area contributed by atoms with Crippen LogP contribution in [0.5, 0.6) is 0 Å². The van der Waals surface area contributed by atoms with Gasteiger partial charge in [0.15, 0.2) is 0 Å². The lowest BCUT2D eigenvalue weighted by Gasteiger charge is -2.29. The molecule has 0 bridgehead atoms. The molecule has 21 heavy (non-hydrogen) atoms. The normalized spacial score (nSPS) is 18.8. The molecule has 2 aromatic carbocycles. The van der Waals surface area contributed by atoms with Crippen LogP contribution in [-0.4, -0.2) is 11.9 Å². The van der Waals surface area contributed by atoms with E-state index in [1.807, 2.05) is 30.3 Å². The highest BCUT2D eigenvalue weighted by molar-refractivity contribution is 5.81. The predicted molar refractivity (Wildman–Crippen MR) is 83.8 cm³/mol. The molecule has 0 saturated heterocycles. The van der Waals surface area contributed by atoms with Crippen molar-refractivity contribution in [1.29, 1.82) is 0 Å². The van der Waals surface area contributed by atoms with E-state index >= 15 is 0 Å². The summed E-state index contributed by atoms with van der Waals surface area (Å²) in [5.74, 6) is -0.319. The Bertz CT molecular complexity index is 624. The SMILES string of the molecule is NC(=O)[C@H](N[C@H]1CCc2ccccc2C1)c1ccccc1. The summed E-state index contributed by atoms with van der Waals surface area (Å²) in [5.41, 5.74) is 9.31. The molecule has 3 nitrogen and oxygen atoms in total. The van der Waals surface area contributed by atoms with Crippen LogP contribution in [0.15, 0.2) is 54.6 Å². The van der Waals surface area contributed by atoms with Gasteiger partial charge in [-0.15, -0.1) is 0 Å². The van der Waals surface area contributed by atoms with Gasteiger partial charge < -0.3 is 5.73 Å². The van der Waals surface area contributed by atoms with E-state index in [0.717, 1.165) is 24.8 Å². The van der Waals surface area contributed by atoms with Crippen molar-refractivity contribution >= 4 is 5.91 Å². The fourth-order valence-electron chi connectivity index (χ4n) is 3.06. The van der Waals surface area contributed by atoms with Crippen molar-refractivity contribution in [3.8, 4) is 0 Å². The number of rotatable bonds is 4. The van der Waals surface area contributed by atoms with Crippen molar-refractivity contribution in [3.63, 3.8) is 0 Å². The van der Waals surface area contributed by atoms with E-state index < -0.39 is 6.04 Å². The number of nitrogens with two attached hydrogens (primary N) is 1. The second-order valence-corrected chi connectivity index (χ2v) is 5.62. The van der Waals surface area contributed by atoms with E-state index in [9.17, 15) is 4.79 Å². The lowest BCUT2D eigenvalue weighted by molar-refractivity contribution is -0.120. The zero-order valence-electron chi connectivity index (χ0n) is 12.0. The van der Waals surface area contributed by atoms with Crippen molar-refractivity contribution in [2.75, 3.05) is 0 Å². The molecule has 0 spiro atoms. The second-order valence-electron chi connectivity index (χ2n) is 5.62. The molecule has 1 amide bonds. The monoisotopic (exact) mass is 280 g/mol. The average Bonchev–Trinajstić information content (AvgIpc) is 2.53. The molecule has 0 aromatic heterocycles. The molecule has 2 aromatic rings. The van der Waals surface area contributed by atoms with Crippen LogP contribution in [0.4, 0.5) is 0 Å². The Kier molecular flexibility index (Phi) is 4.02. The van der Waals surface area contributed by atoms with E-state index in [4.69, 9.17) is 5.73 Å². The lowest BCUT2D eigenvalue weighted by Crippen LogP contribution is -2.42. The topological polar surface area (TPSA) is 55.1 Å². The van der Waals surface area contributed by atoms with Gasteiger partial charge >= 0.3 is 0 Å². The van der Waals surface area contributed by atoms with Crippen LogP contribution in [0.3, 0.4) is 0 Å². The molecular weight excluding hydrogens is 260 g/mol. The molecule has 0 unspecified atom stereocenters. The molecule has 0 fully saturated rings. The lowest BCUT2D eigenvalue weighted by atomic mass is 9.87. The highest BCUT2D eigenvalue weighted by atomic mass is 16.1. The maximum Gasteiger partial charge on any atom is 0.239 e. The molecule has 3 rings (SSSR count). The van der Waals surface area contributed by atoms with Crippen LogP contribution in [-0.2, 0) is 17.6 Å². The zero-order chi connectivity index (χ0) is 14.7. The molecule has 0 saturated carbocycles. The molecule has 0 radical (unpaired) electrons. The highest BCUT2D eigenvalue weighted by Crippen LogP contribution is 2.23. The molecule has 0 heterocycles. The van der Waals surface area contributed by atoms with Gasteiger partial charge in [-0.3, -0.25) is 10.1 Å². The number of benzene rings is 2. The van der Waals surface area contributed by atoms with E-state index in [1.165, 1.54) is 11.1 Å². The van der Waals surface area contributed by atoms with Gasteiger partial charge in [-0.05, 0) is 36.0 Å². The summed E-state index contributed by atoms with van der Waals surface area (Å²) in [7, 11) is 0. The third kappa shape index (κ3) is 3.14. The third-order valence-electron chi connectivity index (χ3n) is 4.17. The van der Waals surface area contributed by atoms with Gasteiger partial charge in [0, 0.05) is 6.04 Å². The first kappa shape index (κ1) is 13.8. The van der Waals surface area contributed by atoms with E-state index in [2.05, 4.69) is 29.6 Å². The number of carbonyl (C=O) groups is 1. The van der Waals surface area contributed by atoms with Gasteiger partial charge in [-0.1, -0.05) is 54.6 Å². The second kappa shape index (κ2) is 6.10. The highest BCUT2D eigenvalue weighted by Gasteiger charge is 2.24. The van der Waals surface area contributed by atoms with Gasteiger partial charge in [0.1, 0.15) is 6.04 Å². The zero-order valence-corrected chi connectivity index (χ0v) is 12.0. The van der Waals surface area contributed by atoms with Crippen molar-refractivity contribution in [1.82, 2.24) is 5.32 Å². The van der Waals surface area contributed by atoms with Gasteiger partial charge in [-0.2, -0.15) is 0 Å². The molecule has 1 aliphatic carbocycles. The maximum absolute atomic E-state index is 11.8. The standard InChI is InChI=1S/C18H20N2O/c19-18(21)17(14-7-2-1-3-8-14)20-16-11-10-13-6-4-5-9-15(13)12-16/h1-9,16-17,20H,10-12H2,(H2,19,21)/t16-,17+/m0/s1. The number of nitrogens with one attached hydrogen (secondary N) is 1. The summed E-state index contributed by atoms with van der Waals surface area (Å²) in [5, 5.41) is 3.44. The van der Waals surface area contributed by atoms with Crippen LogP contribution in [0.2, 0.25) is 0 Å². The van der Waals surface area contributed by atoms with Gasteiger partial charge in [-0.25, -0.2) is 0 Å². The van der Waals surface area contributed by atoms with Crippen LogP contribution < -0.4 is 11.1 Å². The number of carbonyl (C=O) groups excluding carboxylic acids is 1. The smallest absolute Gasteiger partial charge is 0.239 e. The minimum atomic E-state index is -0.415. The Balaban J connectivity index is 1.75. The predicted octanol–water partition coefficient (Wildman–Crippen LogP) is 2.36. The Hall–Kier alpha value is -2.13. The Morgan fingerprint density at radius 2 is 1.71 bits per heavy atom. The molecular formula is C18H20N2O. The summed E-state index contributed by atoms with van der Waals surface area (Å²) in [6.45, 7) is 0. The van der Waals surface area contributed by atoms with E-state index in [-0.39, 0.29) is 11.9 Å². The van der Waals surface area contributed by atoms with Crippen LogP contribution >= 0.6 is 0 Å². The molecule has 108 valence electrons. The number of hydrogen-bond acceptors (Lipinski definition) is 2. The van der Waals surface area contributed by atoms with Crippen molar-refractivity contribution in [3.05, 3.63) is 71.3 Å². The van der Waals surface area contributed by atoms with Crippen LogP contribution in [0.1, 0.15) is 29.2 Å². The first-order valence-corrected chi connectivity index (χ1v) is 7.41. The van der Waals surface area contributed by atoms with Gasteiger partial charge in [0.2, 0.25) is 5.91 Å². The fourth-order valence-corrected chi connectivity index (χ4v) is 3.06. The summed E-state index contributed by atoms with van der Waals surface area (Å²) in [6, 6.07) is 18.1. The number of primary amides is 1. The van der Waals surface area contributed by atoms with Crippen LogP contribution in [0, 0.1) is 0 Å². The summed E-state index contributed by atoms with van der Waals surface area (Å²) < 4.78 is 0. The van der Waals surface area contributed by atoms with Crippen LogP contribution in [0.25, 0.3) is 0 Å². The number of aryl methyl sites for hydroxylation is 1. The largest absolute Gasteiger partial charge is 0.368 e. The summed E-state index contributed by atoms with van der Waals surface area (Å²) in [4.78, 5) is 11.8. The molecule has 0 aliphatic heterocycles. The Labute approximate surface area is 125 Å². The molecule has 3 N–H and O–H groups in total. The Morgan fingerprint density at radius 1 is 1.05 bits per heavy atom. The van der Waals surface area contributed by atoms with Gasteiger partial charge in [0.05, 0.1) is 0 Å². The molecule has 2 atom stereocenters. The maximum atomic E-state index is 11.8. The first-order valence-electron chi connectivity index (χ1n) is 7.41. The first-order chi connectivity index (χ1) is 10.2. The molecule has 3 heteroatoms. The fraction of sp³-hybridized carbons (Fsp3) is 0.278. The average molecular weight is 280 g/mol. The summed E-state index contributed by atoms with van der Waals surface area (Å²) in [6.07, 6.45) is 3.04. The van der Waals surface area contributed by atoms with Crippen molar-refractivity contribution in [2.24, 2.45) is 5.73 Å². The van der Waals surface area contributed by atoms with E-state index in [0.29, 0.717) is 0 Å². The Morgan fingerprint density at radius 3 is 2.43 bits per heavy atom. The van der Waals surface area contributed by atoms with E-state index in [1.54, 1.807) is 0 Å². The quantitative estimate of drug-likeness (QED) is 0.903.